The molecule has 0 saturated heterocycles. The number of aryl methyl sites for hydroxylation is 1. The number of nitrogens with one attached hydrogen (secondary N) is 2. The number of carboxylic acids is 1. The summed E-state index contributed by atoms with van der Waals surface area (Å²) in [5.74, 6) is 4.57. The van der Waals surface area contributed by atoms with Crippen LogP contribution < -0.4 is 16.3 Å². The van der Waals surface area contributed by atoms with E-state index in [0.29, 0.717) is 23.2 Å². The van der Waals surface area contributed by atoms with Crippen molar-refractivity contribution >= 4 is 40.3 Å². The molecule has 5 N–H and O–H groups in total. The molecule has 0 spiro atoms. The van der Waals surface area contributed by atoms with E-state index in [0.717, 1.165) is 22.1 Å². The number of anilines is 2. The lowest BCUT2D eigenvalue weighted by molar-refractivity contribution is -0.137. The molecule has 2 aromatic heterocycles. The molecular formula is C28H33N7O5. The first-order chi connectivity index (χ1) is 19.4. The molecule has 0 atom stereocenters. The van der Waals surface area contributed by atoms with Crippen molar-refractivity contribution in [1.82, 2.24) is 14.5 Å². The number of nitrogens with two attached hydrogens (primary N) is 1. The first-order valence-corrected chi connectivity index (χ1v) is 12.7. The van der Waals surface area contributed by atoms with Gasteiger partial charge in [0.25, 0.3) is 5.91 Å². The molecular weight excluding hydrogens is 514 g/mol. The molecule has 0 radical (unpaired) electrons. The number of hydrogen-bond acceptors (Lipinski definition) is 9. The van der Waals surface area contributed by atoms with Gasteiger partial charge in [0.1, 0.15) is 5.82 Å². The number of rotatable bonds is 11. The molecule has 0 saturated carbocycles. The van der Waals surface area contributed by atoms with E-state index in [9.17, 15) is 9.59 Å². The topological polar surface area (TPSA) is 169 Å². The van der Waals surface area contributed by atoms with Gasteiger partial charge in [-0.2, -0.15) is 11.0 Å². The molecule has 4 aromatic rings. The van der Waals surface area contributed by atoms with Crippen molar-refractivity contribution in [1.29, 1.82) is 5.41 Å². The van der Waals surface area contributed by atoms with Gasteiger partial charge >= 0.3 is 5.97 Å². The Morgan fingerprint density at radius 3 is 2.48 bits per heavy atom. The van der Waals surface area contributed by atoms with Crippen LogP contribution in [0.2, 0.25) is 0 Å². The molecule has 12 nitrogen and oxygen atoms in total. The quantitative estimate of drug-likeness (QED) is 0.0927. The van der Waals surface area contributed by atoms with Crippen LogP contribution in [-0.4, -0.2) is 44.0 Å². The van der Waals surface area contributed by atoms with Crippen LogP contribution in [0.5, 0.6) is 0 Å². The second-order valence-corrected chi connectivity index (χ2v) is 8.29. The largest absolute Gasteiger partial charge is 0.481 e. The van der Waals surface area contributed by atoms with Gasteiger partial charge < -0.3 is 19.8 Å². The first-order valence-electron chi connectivity index (χ1n) is 12.7. The van der Waals surface area contributed by atoms with Gasteiger partial charge in [-0.05, 0) is 61.0 Å². The maximum Gasteiger partial charge on any atom is 0.303 e. The molecule has 0 aliphatic rings. The molecule has 40 heavy (non-hydrogen) atoms. The van der Waals surface area contributed by atoms with Crippen LogP contribution in [0.15, 0.2) is 66.9 Å². The molecule has 2 heterocycles. The standard InChI is InChI=1S/C26H27N7O5.C2H6/c1-32-21-12-9-18(26(36)33(22-5-2-3-13-29-22)37-14-4-6-24(34)35)15-20(21)31-23(32)16-30-19-10-7-17(8-11-19)25(27)38-28;1-2/h2-3,5,7-13,15,27,30H,4,6,14,16,28H2,1H3,(H,34,35);1-2H3. The van der Waals surface area contributed by atoms with Crippen LogP contribution in [0, 0.1) is 5.41 Å². The predicted molar refractivity (Wildman–Crippen MR) is 152 cm³/mol. The van der Waals surface area contributed by atoms with Gasteiger partial charge in [-0.25, -0.2) is 9.97 Å². The third kappa shape index (κ3) is 7.40. The molecule has 210 valence electrons. The van der Waals surface area contributed by atoms with Crippen molar-refractivity contribution < 1.29 is 24.4 Å². The lowest BCUT2D eigenvalue weighted by Gasteiger charge is -2.20. The van der Waals surface area contributed by atoms with Gasteiger partial charge in [0.05, 0.1) is 24.2 Å². The fraction of sp³-hybridized carbons (Fsp3) is 0.250. The van der Waals surface area contributed by atoms with Crippen LogP contribution in [0.4, 0.5) is 11.5 Å². The highest BCUT2D eigenvalue weighted by molar-refractivity contribution is 6.05. The first kappa shape index (κ1) is 29.7. The zero-order valence-electron chi connectivity index (χ0n) is 22.6. The van der Waals surface area contributed by atoms with Gasteiger partial charge in [0, 0.05) is 36.5 Å². The van der Waals surface area contributed by atoms with Crippen LogP contribution in [-0.2, 0) is 28.1 Å². The third-order valence-electron chi connectivity index (χ3n) is 5.73. The van der Waals surface area contributed by atoms with Crippen LogP contribution in [0.1, 0.15) is 48.4 Å². The van der Waals surface area contributed by atoms with Gasteiger partial charge in [0.15, 0.2) is 5.82 Å². The highest BCUT2D eigenvalue weighted by Gasteiger charge is 2.21. The molecule has 2 aromatic carbocycles. The van der Waals surface area contributed by atoms with E-state index in [1.54, 1.807) is 48.7 Å². The summed E-state index contributed by atoms with van der Waals surface area (Å²) >= 11 is 0. The van der Waals surface area contributed by atoms with Crippen molar-refractivity contribution in [2.45, 2.75) is 33.2 Å². The summed E-state index contributed by atoms with van der Waals surface area (Å²) in [4.78, 5) is 43.2. The maximum atomic E-state index is 13.4. The molecule has 0 aliphatic carbocycles. The number of carboxylic acid groups (broad SMARTS) is 1. The molecule has 0 fully saturated rings. The van der Waals surface area contributed by atoms with E-state index >= 15 is 0 Å². The summed E-state index contributed by atoms with van der Waals surface area (Å²) in [5, 5.41) is 20.9. The molecule has 1 amide bonds. The molecule has 12 heteroatoms. The molecule has 0 aliphatic heterocycles. The number of carbonyl (C=O) groups is 2. The fourth-order valence-electron chi connectivity index (χ4n) is 3.73. The van der Waals surface area contributed by atoms with E-state index in [1.165, 1.54) is 0 Å². The van der Waals surface area contributed by atoms with E-state index in [4.69, 9.17) is 26.2 Å². The Hall–Kier alpha value is -4.81. The fourth-order valence-corrected chi connectivity index (χ4v) is 3.73. The molecule has 0 unspecified atom stereocenters. The summed E-state index contributed by atoms with van der Waals surface area (Å²) in [6, 6.07) is 17.3. The minimum Gasteiger partial charge on any atom is -0.481 e. The summed E-state index contributed by atoms with van der Waals surface area (Å²) in [5.41, 5.74) is 3.20. The highest BCUT2D eigenvalue weighted by Crippen LogP contribution is 2.21. The minimum atomic E-state index is -0.936. The van der Waals surface area contributed by atoms with Gasteiger partial charge in [-0.3, -0.25) is 19.8 Å². The van der Waals surface area contributed by atoms with Crippen molar-refractivity contribution in [3.05, 3.63) is 83.8 Å². The normalized spacial score (nSPS) is 10.4. The molecule has 4 rings (SSSR count). The lowest BCUT2D eigenvalue weighted by Crippen LogP contribution is -2.32. The van der Waals surface area contributed by atoms with Gasteiger partial charge in [-0.15, -0.1) is 0 Å². The summed E-state index contributed by atoms with van der Waals surface area (Å²) in [7, 11) is 1.89. The number of carbonyl (C=O) groups excluding carboxylic acids is 1. The predicted octanol–water partition coefficient (Wildman–Crippen LogP) is 4.27. The van der Waals surface area contributed by atoms with Crippen molar-refractivity contribution in [2.75, 3.05) is 17.0 Å². The lowest BCUT2D eigenvalue weighted by atomic mass is 10.2. The van der Waals surface area contributed by atoms with E-state index in [-0.39, 0.29) is 31.2 Å². The van der Waals surface area contributed by atoms with Gasteiger partial charge in [0.2, 0.25) is 5.90 Å². The average molecular weight is 548 g/mol. The Balaban J connectivity index is 0.00000216. The van der Waals surface area contributed by atoms with Crippen molar-refractivity contribution in [3.63, 3.8) is 0 Å². The smallest absolute Gasteiger partial charge is 0.303 e. The summed E-state index contributed by atoms with van der Waals surface area (Å²) in [6.45, 7) is 4.46. The van der Waals surface area contributed by atoms with E-state index in [2.05, 4.69) is 15.1 Å². The van der Waals surface area contributed by atoms with Crippen molar-refractivity contribution in [3.8, 4) is 0 Å². The zero-order valence-corrected chi connectivity index (χ0v) is 22.6. The summed E-state index contributed by atoms with van der Waals surface area (Å²) < 4.78 is 1.93. The van der Waals surface area contributed by atoms with Gasteiger partial charge in [-0.1, -0.05) is 19.9 Å². The van der Waals surface area contributed by atoms with E-state index < -0.39 is 11.9 Å². The number of fused-ring (bicyclic) bond motifs is 1. The number of imidazole rings is 1. The van der Waals surface area contributed by atoms with Crippen LogP contribution >= 0.6 is 0 Å². The second kappa shape index (κ2) is 14.4. The number of amides is 1. The number of pyridine rings is 1. The Morgan fingerprint density at radius 2 is 1.82 bits per heavy atom. The summed E-state index contributed by atoms with van der Waals surface area (Å²) in [6.07, 6.45) is 1.71. The monoisotopic (exact) mass is 547 g/mol. The average Bonchev–Trinajstić information content (AvgIpc) is 3.31. The number of aromatic nitrogens is 3. The number of benzene rings is 2. The SMILES string of the molecule is CC.Cn1c(CNc2ccc(C(=N)ON)cc2)nc2cc(C(=O)N(OCCCC(=O)O)c3ccccn3)ccc21. The second-order valence-electron chi connectivity index (χ2n) is 8.29. The number of aliphatic carboxylic acids is 1. The molecule has 0 bridgehead atoms. The Bertz CT molecular complexity index is 1440. The van der Waals surface area contributed by atoms with Crippen LogP contribution in [0.25, 0.3) is 11.0 Å². The van der Waals surface area contributed by atoms with E-state index in [1.807, 2.05) is 43.7 Å². The Kier molecular flexibility index (Phi) is 10.7. The number of hydroxylamine groups is 1. The van der Waals surface area contributed by atoms with Crippen LogP contribution in [0.3, 0.4) is 0 Å². The Labute approximate surface area is 231 Å². The Morgan fingerprint density at radius 1 is 1.10 bits per heavy atom. The minimum absolute atomic E-state index is 0.0393. The third-order valence-corrected chi connectivity index (χ3v) is 5.73. The maximum absolute atomic E-state index is 13.4. The highest BCUT2D eigenvalue weighted by atomic mass is 16.7. The number of nitrogens with zero attached hydrogens (tertiary/aromatic N) is 4. The van der Waals surface area contributed by atoms with Crippen molar-refractivity contribution in [2.24, 2.45) is 12.9 Å². The zero-order chi connectivity index (χ0) is 29.1. The number of hydrogen-bond donors (Lipinski definition) is 4.